The zero-order valence-electron chi connectivity index (χ0n) is 17.2. The topological polar surface area (TPSA) is 64.0 Å². The van der Waals surface area contributed by atoms with Crippen molar-refractivity contribution in [1.29, 1.82) is 0 Å². The minimum absolute atomic E-state index is 0.0851. The smallest absolute Gasteiger partial charge is 0.355 e. The summed E-state index contributed by atoms with van der Waals surface area (Å²) < 4.78 is 81.7. The fourth-order valence-electron chi connectivity index (χ4n) is 3.07. The quantitative estimate of drug-likeness (QED) is 0.310. The molecular formula is C21H17F6N3O2S. The molecule has 1 amide bonds. The molecule has 1 unspecified atom stereocenters. The van der Waals surface area contributed by atoms with E-state index in [1.165, 1.54) is 25.1 Å². The first-order valence-electron chi connectivity index (χ1n) is 9.59. The molecule has 0 bridgehead atoms. The highest BCUT2D eigenvalue weighted by molar-refractivity contribution is 8.00. The lowest BCUT2D eigenvalue weighted by Crippen LogP contribution is -2.32. The van der Waals surface area contributed by atoms with E-state index >= 15 is 0 Å². The molecule has 0 radical (unpaired) electrons. The standard InChI is InChI=1S/C21H17F6N3O2S/c1-3-28-17(31)11(2)33-19-29-15-7-5-4-6-13(15)18(32)30(19)16-10-12(20(22,23)24)8-9-14(16)21(25,26)27/h4-11H,3H2,1-2H3,(H,28,31). The maximum atomic E-state index is 13.7. The number of nitrogens with zero attached hydrogens (tertiary/aromatic N) is 2. The van der Waals surface area contributed by atoms with E-state index in [1.807, 2.05) is 0 Å². The zero-order valence-corrected chi connectivity index (χ0v) is 18.0. The Bertz CT molecular complexity index is 1250. The van der Waals surface area contributed by atoms with Crippen LogP contribution in [0.5, 0.6) is 0 Å². The van der Waals surface area contributed by atoms with Gasteiger partial charge in [-0.1, -0.05) is 23.9 Å². The van der Waals surface area contributed by atoms with Gasteiger partial charge in [0.25, 0.3) is 5.56 Å². The number of fused-ring (bicyclic) bond motifs is 1. The fourth-order valence-corrected chi connectivity index (χ4v) is 4.01. The fraction of sp³-hybridized carbons (Fsp3) is 0.286. The molecule has 1 N–H and O–H groups in total. The van der Waals surface area contributed by atoms with Crippen LogP contribution in [0.4, 0.5) is 26.3 Å². The molecule has 0 aliphatic rings. The summed E-state index contributed by atoms with van der Waals surface area (Å²) >= 11 is 0.666. The predicted molar refractivity (Wildman–Crippen MR) is 111 cm³/mol. The Morgan fingerprint density at radius 3 is 2.36 bits per heavy atom. The third-order valence-electron chi connectivity index (χ3n) is 4.62. The van der Waals surface area contributed by atoms with Gasteiger partial charge in [0.1, 0.15) is 0 Å². The van der Waals surface area contributed by atoms with Crippen LogP contribution >= 0.6 is 11.8 Å². The number of carbonyl (C=O) groups is 1. The number of rotatable bonds is 5. The van der Waals surface area contributed by atoms with Gasteiger partial charge in [0.2, 0.25) is 5.91 Å². The number of carbonyl (C=O) groups excluding carboxylic acids is 1. The largest absolute Gasteiger partial charge is 0.418 e. The highest BCUT2D eigenvalue weighted by atomic mass is 32.2. The van der Waals surface area contributed by atoms with Crippen molar-refractivity contribution in [3.05, 3.63) is 63.9 Å². The van der Waals surface area contributed by atoms with Crippen LogP contribution in [0.15, 0.2) is 52.4 Å². The van der Waals surface area contributed by atoms with Crippen molar-refractivity contribution in [2.75, 3.05) is 6.54 Å². The van der Waals surface area contributed by atoms with Crippen LogP contribution in [-0.2, 0) is 17.1 Å². The van der Waals surface area contributed by atoms with Gasteiger partial charge in [-0.15, -0.1) is 0 Å². The van der Waals surface area contributed by atoms with Gasteiger partial charge in [-0.2, -0.15) is 26.3 Å². The Morgan fingerprint density at radius 2 is 1.76 bits per heavy atom. The Labute approximate surface area is 187 Å². The lowest BCUT2D eigenvalue weighted by Gasteiger charge is -2.20. The molecule has 0 fully saturated rings. The second-order valence-electron chi connectivity index (χ2n) is 6.93. The van der Waals surface area contributed by atoms with Crippen LogP contribution in [0.25, 0.3) is 16.6 Å². The van der Waals surface area contributed by atoms with Crippen LogP contribution in [0, 0.1) is 0 Å². The van der Waals surface area contributed by atoms with Gasteiger partial charge in [-0.25, -0.2) is 4.98 Å². The van der Waals surface area contributed by atoms with E-state index in [0.717, 1.165) is 0 Å². The highest BCUT2D eigenvalue weighted by Gasteiger charge is 2.38. The zero-order chi connectivity index (χ0) is 24.6. The number of alkyl halides is 6. The average Bonchev–Trinajstić information content (AvgIpc) is 2.72. The maximum absolute atomic E-state index is 13.7. The van der Waals surface area contributed by atoms with Crippen LogP contribution in [0.2, 0.25) is 0 Å². The molecule has 1 heterocycles. The number of hydrogen-bond donors (Lipinski definition) is 1. The summed E-state index contributed by atoms with van der Waals surface area (Å²) in [4.78, 5) is 29.6. The van der Waals surface area contributed by atoms with Gasteiger partial charge in [-0.3, -0.25) is 14.2 Å². The van der Waals surface area contributed by atoms with Crippen molar-refractivity contribution in [2.45, 2.75) is 36.6 Å². The molecule has 33 heavy (non-hydrogen) atoms. The molecule has 0 spiro atoms. The van der Waals surface area contributed by atoms with Gasteiger partial charge in [-0.05, 0) is 44.2 Å². The molecule has 0 aliphatic heterocycles. The molecule has 1 atom stereocenters. The third-order valence-corrected chi connectivity index (χ3v) is 5.67. The van der Waals surface area contributed by atoms with Gasteiger partial charge >= 0.3 is 12.4 Å². The van der Waals surface area contributed by atoms with E-state index < -0.39 is 45.9 Å². The number of benzene rings is 2. The Kier molecular flexibility index (Phi) is 6.78. The first kappa shape index (κ1) is 24.6. The Morgan fingerprint density at radius 1 is 1.09 bits per heavy atom. The summed E-state index contributed by atoms with van der Waals surface area (Å²) in [5, 5.41) is 1.21. The molecule has 2 aromatic carbocycles. The van der Waals surface area contributed by atoms with Gasteiger partial charge in [0.15, 0.2) is 5.16 Å². The van der Waals surface area contributed by atoms with Crippen LogP contribution in [-0.4, -0.2) is 27.3 Å². The lowest BCUT2D eigenvalue weighted by molar-refractivity contribution is -0.141. The predicted octanol–water partition coefficient (Wildman–Crippen LogP) is 5.04. The Balaban J connectivity index is 2.37. The molecule has 5 nitrogen and oxygen atoms in total. The van der Waals surface area contributed by atoms with Crippen LogP contribution < -0.4 is 10.9 Å². The summed E-state index contributed by atoms with van der Waals surface area (Å²) in [6, 6.07) is 6.60. The molecule has 1 aromatic heterocycles. The molecule has 0 aliphatic carbocycles. The average molecular weight is 489 g/mol. The number of nitrogens with one attached hydrogen (secondary N) is 1. The molecule has 0 saturated heterocycles. The van der Waals surface area contributed by atoms with E-state index in [1.54, 1.807) is 13.0 Å². The van der Waals surface area contributed by atoms with Crippen LogP contribution in [0.1, 0.15) is 25.0 Å². The number of halogens is 6. The molecular weight excluding hydrogens is 472 g/mol. The van der Waals surface area contributed by atoms with Gasteiger partial charge in [0.05, 0.1) is 33.0 Å². The van der Waals surface area contributed by atoms with Gasteiger partial charge < -0.3 is 5.32 Å². The molecule has 12 heteroatoms. The van der Waals surface area contributed by atoms with Crippen molar-refractivity contribution in [2.24, 2.45) is 0 Å². The third kappa shape index (κ3) is 5.15. The summed E-state index contributed by atoms with van der Waals surface area (Å²) in [5.41, 5.74) is -4.69. The number of amides is 1. The van der Waals surface area contributed by atoms with Crippen LogP contribution in [0.3, 0.4) is 0 Å². The molecule has 3 rings (SSSR count). The van der Waals surface area contributed by atoms with E-state index in [9.17, 15) is 35.9 Å². The minimum atomic E-state index is -5.06. The molecule has 3 aromatic rings. The summed E-state index contributed by atoms with van der Waals surface area (Å²) in [6.07, 6.45) is -10.0. The number of para-hydroxylation sites is 1. The number of thioether (sulfide) groups is 1. The van der Waals surface area contributed by atoms with E-state index in [4.69, 9.17) is 0 Å². The second-order valence-corrected chi connectivity index (χ2v) is 8.24. The lowest BCUT2D eigenvalue weighted by atomic mass is 10.1. The number of aromatic nitrogens is 2. The van der Waals surface area contributed by atoms with E-state index in [0.29, 0.717) is 22.4 Å². The van der Waals surface area contributed by atoms with E-state index in [-0.39, 0.29) is 34.7 Å². The van der Waals surface area contributed by atoms with Gasteiger partial charge in [0, 0.05) is 6.54 Å². The van der Waals surface area contributed by atoms with Crippen molar-refractivity contribution >= 4 is 28.6 Å². The first-order chi connectivity index (χ1) is 15.3. The molecule has 176 valence electrons. The Hall–Kier alpha value is -3.02. The minimum Gasteiger partial charge on any atom is -0.355 e. The maximum Gasteiger partial charge on any atom is 0.418 e. The van der Waals surface area contributed by atoms with Crippen molar-refractivity contribution < 1.29 is 31.1 Å². The summed E-state index contributed by atoms with van der Waals surface area (Å²) in [5.74, 6) is -0.475. The second kappa shape index (κ2) is 9.08. The van der Waals surface area contributed by atoms with Crippen molar-refractivity contribution in [3.8, 4) is 5.69 Å². The SMILES string of the molecule is CCNC(=O)C(C)Sc1nc2ccccc2c(=O)n1-c1cc(C(F)(F)F)ccc1C(F)(F)F. The first-order valence-corrected chi connectivity index (χ1v) is 10.5. The normalized spacial score (nSPS) is 13.2. The summed E-state index contributed by atoms with van der Waals surface area (Å²) in [6.45, 7) is 3.39. The van der Waals surface area contributed by atoms with E-state index in [2.05, 4.69) is 10.3 Å². The number of hydrogen-bond acceptors (Lipinski definition) is 4. The van der Waals surface area contributed by atoms with Crippen molar-refractivity contribution in [1.82, 2.24) is 14.9 Å². The van der Waals surface area contributed by atoms with Crippen molar-refractivity contribution in [3.63, 3.8) is 0 Å². The summed E-state index contributed by atoms with van der Waals surface area (Å²) in [7, 11) is 0. The highest BCUT2D eigenvalue weighted by Crippen LogP contribution is 2.39. The monoisotopic (exact) mass is 489 g/mol. The molecule has 0 saturated carbocycles.